The number of carbonyl (C=O) groups excluding carboxylic acids is 1. The van der Waals surface area contributed by atoms with Crippen molar-refractivity contribution >= 4 is 17.3 Å². The molecule has 1 aromatic heterocycles. The van der Waals surface area contributed by atoms with Crippen LogP contribution in [0.25, 0.3) is 0 Å². The molecule has 0 spiro atoms. The lowest BCUT2D eigenvalue weighted by Gasteiger charge is -2.08. The van der Waals surface area contributed by atoms with Crippen molar-refractivity contribution in [3.05, 3.63) is 94.4 Å². The number of nitrogens with two attached hydrogens (primary N) is 1. The van der Waals surface area contributed by atoms with E-state index in [0.717, 1.165) is 5.56 Å². The van der Waals surface area contributed by atoms with Crippen LogP contribution in [0.3, 0.4) is 0 Å². The van der Waals surface area contributed by atoms with E-state index >= 15 is 0 Å². The minimum Gasteiger partial charge on any atom is -0.399 e. The van der Waals surface area contributed by atoms with Crippen LogP contribution in [0.5, 0.6) is 0 Å². The second-order valence-electron chi connectivity index (χ2n) is 5.48. The molecule has 0 aliphatic rings. The summed E-state index contributed by atoms with van der Waals surface area (Å²) in [5.41, 5.74) is 8.59. The van der Waals surface area contributed by atoms with Gasteiger partial charge in [-0.05, 0) is 42.0 Å². The van der Waals surface area contributed by atoms with Gasteiger partial charge in [-0.2, -0.15) is 0 Å². The number of hydrogen-bond donors (Lipinski definition) is 2. The lowest BCUT2D eigenvalue weighted by molar-refractivity contribution is 0.102. The summed E-state index contributed by atoms with van der Waals surface area (Å²) in [6.07, 6.45) is 3.48. The van der Waals surface area contributed by atoms with Crippen molar-refractivity contribution in [2.45, 2.75) is 6.54 Å². The maximum atomic E-state index is 12.2. The molecule has 0 saturated heterocycles. The third-order valence-corrected chi connectivity index (χ3v) is 3.61. The summed E-state index contributed by atoms with van der Waals surface area (Å²) in [6.45, 7) is 0.639. The molecule has 5 nitrogen and oxygen atoms in total. The fourth-order valence-corrected chi connectivity index (χ4v) is 2.29. The summed E-state index contributed by atoms with van der Waals surface area (Å²) in [4.78, 5) is 23.3. The highest BCUT2D eigenvalue weighted by Gasteiger charge is 2.06. The monoisotopic (exact) mass is 319 g/mol. The van der Waals surface area contributed by atoms with Crippen LogP contribution in [0.15, 0.2) is 77.9 Å². The van der Waals surface area contributed by atoms with Crippen LogP contribution in [0.1, 0.15) is 15.9 Å². The summed E-state index contributed by atoms with van der Waals surface area (Å²) in [5, 5.41) is 2.83. The topological polar surface area (TPSA) is 77.1 Å². The van der Waals surface area contributed by atoms with E-state index in [0.29, 0.717) is 23.5 Å². The van der Waals surface area contributed by atoms with Crippen LogP contribution in [0.2, 0.25) is 0 Å². The molecule has 1 amide bonds. The smallest absolute Gasteiger partial charge is 0.255 e. The predicted molar refractivity (Wildman–Crippen MR) is 95.1 cm³/mol. The van der Waals surface area contributed by atoms with Crippen LogP contribution in [-0.4, -0.2) is 10.5 Å². The first-order valence-electron chi connectivity index (χ1n) is 7.52. The van der Waals surface area contributed by atoms with Crippen LogP contribution in [0.4, 0.5) is 11.4 Å². The number of nitrogens with zero attached hydrogens (tertiary/aromatic N) is 1. The summed E-state index contributed by atoms with van der Waals surface area (Å²) in [6, 6.07) is 17.4. The van der Waals surface area contributed by atoms with Crippen molar-refractivity contribution in [1.29, 1.82) is 0 Å². The second kappa shape index (κ2) is 6.83. The van der Waals surface area contributed by atoms with Crippen LogP contribution in [-0.2, 0) is 6.54 Å². The van der Waals surface area contributed by atoms with Gasteiger partial charge in [0.1, 0.15) is 0 Å². The van der Waals surface area contributed by atoms with Gasteiger partial charge >= 0.3 is 0 Å². The Morgan fingerprint density at radius 3 is 2.17 bits per heavy atom. The quantitative estimate of drug-likeness (QED) is 0.726. The first-order chi connectivity index (χ1) is 11.6. The number of aromatic nitrogens is 1. The first kappa shape index (κ1) is 15.6. The maximum absolute atomic E-state index is 12.2. The third kappa shape index (κ3) is 3.89. The molecule has 0 fully saturated rings. The standard InChI is InChI=1S/C19H17N3O2/c20-16-5-7-17(8-6-16)21-19(24)15-3-1-14(2-4-15)13-22-11-9-18(23)10-12-22/h1-12H,13,20H2,(H,21,24). The number of benzene rings is 2. The largest absolute Gasteiger partial charge is 0.399 e. The van der Waals surface area contributed by atoms with E-state index in [4.69, 9.17) is 5.73 Å². The highest BCUT2D eigenvalue weighted by molar-refractivity contribution is 6.04. The molecule has 3 N–H and O–H groups in total. The Hall–Kier alpha value is -3.34. The minimum absolute atomic E-state index is 0.0130. The number of hydrogen-bond acceptors (Lipinski definition) is 3. The van der Waals surface area contributed by atoms with Gasteiger partial charge in [0.2, 0.25) is 0 Å². The zero-order valence-corrected chi connectivity index (χ0v) is 13.0. The van der Waals surface area contributed by atoms with Gasteiger partial charge in [0.15, 0.2) is 5.43 Å². The summed E-state index contributed by atoms with van der Waals surface area (Å²) >= 11 is 0. The number of anilines is 2. The van der Waals surface area contributed by atoms with Crippen molar-refractivity contribution in [3.63, 3.8) is 0 Å². The fourth-order valence-electron chi connectivity index (χ4n) is 2.29. The van der Waals surface area contributed by atoms with Crippen LogP contribution < -0.4 is 16.5 Å². The molecule has 0 radical (unpaired) electrons. The Bertz CT molecular complexity index is 877. The zero-order chi connectivity index (χ0) is 16.9. The van der Waals surface area contributed by atoms with Crippen molar-refractivity contribution < 1.29 is 4.79 Å². The third-order valence-electron chi connectivity index (χ3n) is 3.61. The Balaban J connectivity index is 1.67. The number of nitrogens with one attached hydrogen (secondary N) is 1. The number of rotatable bonds is 4. The van der Waals surface area contributed by atoms with E-state index in [2.05, 4.69) is 5.32 Å². The molecule has 24 heavy (non-hydrogen) atoms. The van der Waals surface area contributed by atoms with Gasteiger partial charge in [-0.25, -0.2) is 0 Å². The second-order valence-corrected chi connectivity index (χ2v) is 5.48. The lowest BCUT2D eigenvalue weighted by Crippen LogP contribution is -2.12. The number of nitrogen functional groups attached to an aromatic ring is 1. The Labute approximate surface area is 139 Å². The van der Waals surface area contributed by atoms with Gasteiger partial charge in [-0.3, -0.25) is 9.59 Å². The van der Waals surface area contributed by atoms with E-state index < -0.39 is 0 Å². The average molecular weight is 319 g/mol. The summed E-state index contributed by atoms with van der Waals surface area (Å²) in [5.74, 6) is -0.172. The number of amides is 1. The van der Waals surface area contributed by atoms with E-state index in [1.54, 1.807) is 48.8 Å². The summed E-state index contributed by atoms with van der Waals surface area (Å²) < 4.78 is 1.91. The van der Waals surface area contributed by atoms with E-state index in [1.165, 1.54) is 12.1 Å². The Kier molecular flexibility index (Phi) is 4.43. The van der Waals surface area contributed by atoms with Crippen molar-refractivity contribution in [3.8, 4) is 0 Å². The molecule has 0 bridgehead atoms. The van der Waals surface area contributed by atoms with Gasteiger partial charge < -0.3 is 15.6 Å². The maximum Gasteiger partial charge on any atom is 0.255 e. The van der Waals surface area contributed by atoms with Crippen molar-refractivity contribution in [2.75, 3.05) is 11.1 Å². The highest BCUT2D eigenvalue weighted by Crippen LogP contribution is 2.13. The molecular weight excluding hydrogens is 302 g/mol. The molecule has 0 atom stereocenters. The van der Waals surface area contributed by atoms with Gasteiger partial charge in [-0.1, -0.05) is 12.1 Å². The predicted octanol–water partition coefficient (Wildman–Crippen LogP) is 2.73. The van der Waals surface area contributed by atoms with E-state index in [9.17, 15) is 9.59 Å². The zero-order valence-electron chi connectivity index (χ0n) is 13.0. The highest BCUT2D eigenvalue weighted by atomic mass is 16.1. The molecule has 0 aliphatic heterocycles. The first-order valence-corrected chi connectivity index (χ1v) is 7.52. The van der Waals surface area contributed by atoms with E-state index in [-0.39, 0.29) is 11.3 Å². The molecule has 0 saturated carbocycles. The average Bonchev–Trinajstić information content (AvgIpc) is 2.59. The van der Waals surface area contributed by atoms with Crippen LogP contribution >= 0.6 is 0 Å². The minimum atomic E-state index is -0.172. The molecule has 2 aromatic carbocycles. The number of pyridine rings is 1. The molecule has 3 aromatic rings. The normalized spacial score (nSPS) is 10.3. The van der Waals surface area contributed by atoms with Gasteiger partial charge in [-0.15, -0.1) is 0 Å². The molecule has 0 unspecified atom stereocenters. The van der Waals surface area contributed by atoms with Gasteiger partial charge in [0.05, 0.1) is 0 Å². The number of carbonyl (C=O) groups is 1. The summed E-state index contributed by atoms with van der Waals surface area (Å²) in [7, 11) is 0. The van der Waals surface area contributed by atoms with Crippen LogP contribution in [0, 0.1) is 0 Å². The van der Waals surface area contributed by atoms with Gasteiger partial charge in [0.25, 0.3) is 5.91 Å². The fraction of sp³-hybridized carbons (Fsp3) is 0.0526. The Morgan fingerprint density at radius 2 is 1.54 bits per heavy atom. The van der Waals surface area contributed by atoms with Crippen molar-refractivity contribution in [2.24, 2.45) is 0 Å². The molecule has 5 heteroatoms. The van der Waals surface area contributed by atoms with Crippen molar-refractivity contribution in [1.82, 2.24) is 4.57 Å². The Morgan fingerprint density at radius 1 is 0.917 bits per heavy atom. The SMILES string of the molecule is Nc1ccc(NC(=O)c2ccc(Cn3ccc(=O)cc3)cc2)cc1. The van der Waals surface area contributed by atoms with Gasteiger partial charge in [0, 0.05) is 48.0 Å². The molecular formula is C19H17N3O2. The molecule has 3 rings (SSSR count). The molecule has 120 valence electrons. The molecule has 1 heterocycles. The van der Waals surface area contributed by atoms with E-state index in [1.807, 2.05) is 16.7 Å². The lowest BCUT2D eigenvalue weighted by atomic mass is 10.1. The molecule has 0 aliphatic carbocycles.